The molecular formula is C28H33N3O4S. The molecule has 4 rings (SSSR count). The van der Waals surface area contributed by atoms with Crippen molar-refractivity contribution in [3.8, 4) is 0 Å². The minimum Gasteiger partial charge on any atom is -0.379 e. The second kappa shape index (κ2) is 11.7. The van der Waals surface area contributed by atoms with Crippen LogP contribution in [0.2, 0.25) is 0 Å². The van der Waals surface area contributed by atoms with Crippen LogP contribution in [0, 0.1) is 13.8 Å². The summed E-state index contributed by atoms with van der Waals surface area (Å²) in [6, 6.07) is 21.8. The van der Waals surface area contributed by atoms with Crippen molar-refractivity contribution in [3.05, 3.63) is 95.1 Å². The summed E-state index contributed by atoms with van der Waals surface area (Å²) in [6.07, 6.45) is 0. The summed E-state index contributed by atoms with van der Waals surface area (Å²) in [5, 5.41) is 2.89. The molecule has 8 heteroatoms. The highest BCUT2D eigenvalue weighted by atomic mass is 32.2. The molecule has 0 atom stereocenters. The highest BCUT2D eigenvalue weighted by Gasteiger charge is 2.28. The SMILES string of the molecule is Cc1cccc(N(CC(=O)NCc2ccc(CN3CCOCC3)cc2)S(=O)(=O)c2ccccc2)c1C. The second-order valence-electron chi connectivity index (χ2n) is 9.03. The molecule has 1 saturated heterocycles. The van der Waals surface area contributed by atoms with E-state index in [0.29, 0.717) is 12.2 Å². The van der Waals surface area contributed by atoms with Crippen LogP contribution in [0.5, 0.6) is 0 Å². The van der Waals surface area contributed by atoms with E-state index in [0.717, 1.165) is 49.5 Å². The molecule has 1 amide bonds. The number of sulfonamides is 1. The molecule has 0 unspecified atom stereocenters. The molecule has 0 radical (unpaired) electrons. The van der Waals surface area contributed by atoms with Crippen molar-refractivity contribution in [3.63, 3.8) is 0 Å². The standard InChI is InChI=1S/C28H33N3O4S/c1-22-7-6-10-27(23(22)2)31(36(33,34)26-8-4-3-5-9-26)21-28(32)29-19-24-11-13-25(14-12-24)20-30-15-17-35-18-16-30/h3-14H,15-21H2,1-2H3,(H,29,32). The van der Waals surface area contributed by atoms with Crippen LogP contribution in [-0.4, -0.2) is 52.1 Å². The summed E-state index contributed by atoms with van der Waals surface area (Å²) < 4.78 is 33.7. The molecule has 0 spiro atoms. The lowest BCUT2D eigenvalue weighted by molar-refractivity contribution is -0.119. The number of carbonyl (C=O) groups is 1. The van der Waals surface area contributed by atoms with Crippen molar-refractivity contribution in [2.45, 2.75) is 31.8 Å². The number of rotatable bonds is 9. The van der Waals surface area contributed by atoms with E-state index >= 15 is 0 Å². The van der Waals surface area contributed by atoms with Gasteiger partial charge in [-0.1, -0.05) is 54.6 Å². The van der Waals surface area contributed by atoms with E-state index in [4.69, 9.17) is 4.74 Å². The summed E-state index contributed by atoms with van der Waals surface area (Å²) in [5.41, 5.74) is 4.45. The van der Waals surface area contributed by atoms with Gasteiger partial charge >= 0.3 is 0 Å². The average Bonchev–Trinajstić information content (AvgIpc) is 2.90. The number of hydrogen-bond donors (Lipinski definition) is 1. The minimum absolute atomic E-state index is 0.148. The lowest BCUT2D eigenvalue weighted by Crippen LogP contribution is -2.41. The lowest BCUT2D eigenvalue weighted by atomic mass is 10.1. The summed E-state index contributed by atoms with van der Waals surface area (Å²) in [5.74, 6) is -0.368. The van der Waals surface area contributed by atoms with E-state index in [1.807, 2.05) is 38.1 Å². The van der Waals surface area contributed by atoms with Crippen molar-refractivity contribution < 1.29 is 17.9 Å². The first-order valence-corrected chi connectivity index (χ1v) is 13.6. The Labute approximate surface area is 213 Å². The highest BCUT2D eigenvalue weighted by Crippen LogP contribution is 2.28. The van der Waals surface area contributed by atoms with E-state index in [-0.39, 0.29) is 17.3 Å². The van der Waals surface area contributed by atoms with Gasteiger partial charge in [0.2, 0.25) is 5.91 Å². The highest BCUT2D eigenvalue weighted by molar-refractivity contribution is 7.92. The summed E-state index contributed by atoms with van der Waals surface area (Å²) in [4.78, 5) is 15.5. The van der Waals surface area contributed by atoms with E-state index < -0.39 is 10.0 Å². The minimum atomic E-state index is -3.93. The number of ether oxygens (including phenoxy) is 1. The largest absolute Gasteiger partial charge is 0.379 e. The fourth-order valence-corrected chi connectivity index (χ4v) is 5.69. The van der Waals surface area contributed by atoms with Crippen LogP contribution < -0.4 is 9.62 Å². The van der Waals surface area contributed by atoms with E-state index in [2.05, 4.69) is 22.3 Å². The number of aryl methyl sites for hydroxylation is 1. The van der Waals surface area contributed by atoms with Gasteiger partial charge in [-0.05, 0) is 54.3 Å². The molecule has 1 aliphatic heterocycles. The molecule has 0 saturated carbocycles. The average molecular weight is 508 g/mol. The van der Waals surface area contributed by atoms with Gasteiger partial charge in [-0.3, -0.25) is 14.0 Å². The quantitative estimate of drug-likeness (QED) is 0.478. The van der Waals surface area contributed by atoms with Gasteiger partial charge in [-0.25, -0.2) is 8.42 Å². The van der Waals surface area contributed by atoms with Crippen molar-refractivity contribution in [2.24, 2.45) is 0 Å². The van der Waals surface area contributed by atoms with Crippen LogP contribution in [0.3, 0.4) is 0 Å². The Balaban J connectivity index is 1.45. The van der Waals surface area contributed by atoms with E-state index in [1.54, 1.807) is 36.4 Å². The number of hydrogen-bond acceptors (Lipinski definition) is 5. The van der Waals surface area contributed by atoms with Crippen LogP contribution in [0.1, 0.15) is 22.3 Å². The smallest absolute Gasteiger partial charge is 0.264 e. The first-order chi connectivity index (χ1) is 17.3. The topological polar surface area (TPSA) is 79.0 Å². The monoisotopic (exact) mass is 507 g/mol. The second-order valence-corrected chi connectivity index (χ2v) is 10.9. The van der Waals surface area contributed by atoms with Gasteiger partial charge in [0.1, 0.15) is 6.54 Å². The van der Waals surface area contributed by atoms with Crippen LogP contribution in [0.4, 0.5) is 5.69 Å². The number of nitrogens with one attached hydrogen (secondary N) is 1. The molecule has 1 N–H and O–H groups in total. The van der Waals surface area contributed by atoms with Crippen LogP contribution in [-0.2, 0) is 32.6 Å². The maximum absolute atomic E-state index is 13.5. The number of amides is 1. The molecule has 3 aromatic carbocycles. The van der Waals surface area contributed by atoms with E-state index in [1.165, 1.54) is 9.87 Å². The van der Waals surface area contributed by atoms with Gasteiger partial charge in [0.15, 0.2) is 0 Å². The summed E-state index contributed by atoms with van der Waals surface area (Å²) in [6.45, 7) is 8.08. The zero-order valence-corrected chi connectivity index (χ0v) is 21.6. The Hall–Kier alpha value is -3.20. The van der Waals surface area contributed by atoms with E-state index in [9.17, 15) is 13.2 Å². The molecule has 0 aromatic heterocycles. The first-order valence-electron chi connectivity index (χ1n) is 12.1. The third-order valence-corrected chi connectivity index (χ3v) is 8.26. The molecule has 0 bridgehead atoms. The Morgan fingerprint density at radius 2 is 1.58 bits per heavy atom. The third-order valence-electron chi connectivity index (χ3n) is 6.49. The molecular weight excluding hydrogens is 474 g/mol. The Bertz CT molecular complexity index is 1270. The maximum atomic E-state index is 13.5. The van der Waals surface area contributed by atoms with Gasteiger partial charge in [-0.2, -0.15) is 0 Å². The van der Waals surface area contributed by atoms with Crippen molar-refractivity contribution in [2.75, 3.05) is 37.2 Å². The Morgan fingerprint density at radius 3 is 2.28 bits per heavy atom. The number of nitrogens with zero attached hydrogens (tertiary/aromatic N) is 2. The molecule has 0 aliphatic carbocycles. The van der Waals surface area contributed by atoms with Gasteiger partial charge in [0.05, 0.1) is 23.8 Å². The third kappa shape index (κ3) is 6.32. The number of anilines is 1. The van der Waals surface area contributed by atoms with Crippen LogP contribution >= 0.6 is 0 Å². The fraction of sp³-hybridized carbons (Fsp3) is 0.321. The number of carbonyl (C=O) groups excluding carboxylic acids is 1. The Morgan fingerprint density at radius 1 is 0.917 bits per heavy atom. The van der Waals surface area contributed by atoms with Crippen molar-refractivity contribution >= 4 is 21.6 Å². The number of morpholine rings is 1. The maximum Gasteiger partial charge on any atom is 0.264 e. The van der Waals surface area contributed by atoms with Crippen molar-refractivity contribution in [1.29, 1.82) is 0 Å². The predicted octanol–water partition coefficient (Wildman–Crippen LogP) is 3.65. The summed E-state index contributed by atoms with van der Waals surface area (Å²) in [7, 11) is -3.93. The van der Waals surface area contributed by atoms with Crippen molar-refractivity contribution in [1.82, 2.24) is 10.2 Å². The Kier molecular flexibility index (Phi) is 8.40. The lowest BCUT2D eigenvalue weighted by Gasteiger charge is -2.26. The first kappa shape index (κ1) is 25.9. The molecule has 1 fully saturated rings. The fourth-order valence-electron chi connectivity index (χ4n) is 4.19. The van der Waals surface area contributed by atoms with Crippen LogP contribution in [0.15, 0.2) is 77.7 Å². The molecule has 36 heavy (non-hydrogen) atoms. The molecule has 1 aliphatic rings. The molecule has 1 heterocycles. The molecule has 7 nitrogen and oxygen atoms in total. The molecule has 3 aromatic rings. The van der Waals surface area contributed by atoms with Gasteiger partial charge < -0.3 is 10.1 Å². The summed E-state index contributed by atoms with van der Waals surface area (Å²) >= 11 is 0. The van der Waals surface area contributed by atoms with Gasteiger partial charge in [-0.15, -0.1) is 0 Å². The van der Waals surface area contributed by atoms with Crippen LogP contribution in [0.25, 0.3) is 0 Å². The molecule has 190 valence electrons. The zero-order valence-electron chi connectivity index (χ0n) is 20.8. The number of benzene rings is 3. The van der Waals surface area contributed by atoms with Gasteiger partial charge in [0.25, 0.3) is 10.0 Å². The predicted molar refractivity (Wildman–Crippen MR) is 141 cm³/mol. The zero-order chi connectivity index (χ0) is 25.5. The van der Waals surface area contributed by atoms with Gasteiger partial charge in [0, 0.05) is 26.2 Å². The normalized spacial score (nSPS) is 14.4.